The normalized spacial score (nSPS) is 21.8. The van der Waals surface area contributed by atoms with Gasteiger partial charge in [-0.3, -0.25) is 24.6 Å². The molecule has 30 heavy (non-hydrogen) atoms. The quantitative estimate of drug-likeness (QED) is 0.255. The molecule has 1 saturated carbocycles. The summed E-state index contributed by atoms with van der Waals surface area (Å²) in [5.74, 6) is -0.335. The van der Waals surface area contributed by atoms with E-state index in [0.717, 1.165) is 38.5 Å². The molecule has 0 unspecified atom stereocenters. The van der Waals surface area contributed by atoms with Gasteiger partial charge in [-0.25, -0.2) is 0 Å². The zero-order valence-electron chi connectivity index (χ0n) is 16.4. The highest BCUT2D eigenvalue weighted by atomic mass is 33.1. The van der Waals surface area contributed by atoms with E-state index in [-0.39, 0.29) is 28.5 Å². The van der Waals surface area contributed by atoms with Crippen molar-refractivity contribution in [2.24, 2.45) is 0 Å². The summed E-state index contributed by atoms with van der Waals surface area (Å²) in [7, 11) is 3.17. The number of nitrogens with zero attached hydrogens (tertiary/aromatic N) is 2. The molecule has 0 bridgehead atoms. The molecule has 1 aliphatic heterocycles. The second-order valence-electron chi connectivity index (χ2n) is 7.57. The minimum absolute atomic E-state index is 0.0498. The molecule has 4 rings (SSSR count). The van der Waals surface area contributed by atoms with E-state index in [9.17, 15) is 19.7 Å². The van der Waals surface area contributed by atoms with E-state index >= 15 is 0 Å². The number of para-hydroxylation sites is 1. The first-order valence-corrected chi connectivity index (χ1v) is 12.3. The smallest absolute Gasteiger partial charge is 0.271 e. The number of rotatable bonds is 5. The number of nitro benzene ring substituents is 1. The van der Waals surface area contributed by atoms with Crippen molar-refractivity contribution in [3.05, 3.63) is 69.8 Å². The molecule has 0 aromatic heterocycles. The first kappa shape index (κ1) is 20.9. The van der Waals surface area contributed by atoms with Gasteiger partial charge in [-0.05, 0) is 43.9 Å². The van der Waals surface area contributed by atoms with Gasteiger partial charge in [0.15, 0.2) is 0 Å². The van der Waals surface area contributed by atoms with Crippen LogP contribution in [0.2, 0.25) is 0 Å². The third kappa shape index (κ3) is 4.25. The summed E-state index contributed by atoms with van der Waals surface area (Å²) in [6.45, 7) is 0. The fraction of sp³-hybridized carbons (Fsp3) is 0.364. The lowest BCUT2D eigenvalue weighted by Crippen LogP contribution is -2.40. The number of carbonyl (C=O) groups is 2. The highest BCUT2D eigenvalue weighted by Gasteiger charge is 2.39. The molecule has 2 aromatic rings. The zero-order chi connectivity index (χ0) is 21.1. The van der Waals surface area contributed by atoms with Crippen molar-refractivity contribution in [3.8, 4) is 0 Å². The van der Waals surface area contributed by atoms with Crippen molar-refractivity contribution in [3.63, 3.8) is 0 Å². The van der Waals surface area contributed by atoms with Crippen LogP contribution in [-0.2, 0) is 0 Å². The molecule has 2 amide bonds. The molecule has 1 aliphatic carbocycles. The van der Waals surface area contributed by atoms with Gasteiger partial charge in [-0.15, -0.1) is 0 Å². The Hall–Kier alpha value is -2.32. The number of fused-ring (bicyclic) bond motifs is 1. The largest absolute Gasteiger partial charge is 0.283 e. The molecule has 8 heteroatoms. The van der Waals surface area contributed by atoms with Gasteiger partial charge in [0, 0.05) is 17.4 Å². The summed E-state index contributed by atoms with van der Waals surface area (Å²) < 4.78 is 0. The Morgan fingerprint density at radius 1 is 0.867 bits per heavy atom. The lowest BCUT2D eigenvalue weighted by atomic mass is 9.95. The van der Waals surface area contributed by atoms with Gasteiger partial charge >= 0.3 is 0 Å². The second kappa shape index (κ2) is 9.22. The number of hydrogen-bond donors (Lipinski definition) is 0. The maximum absolute atomic E-state index is 12.8. The first-order chi connectivity index (χ1) is 14.6. The van der Waals surface area contributed by atoms with Crippen LogP contribution >= 0.6 is 21.6 Å². The van der Waals surface area contributed by atoms with Gasteiger partial charge in [0.1, 0.15) is 0 Å². The number of nitro groups is 1. The Bertz CT molecular complexity index is 936. The first-order valence-electron chi connectivity index (χ1n) is 10.1. The fourth-order valence-electron chi connectivity index (χ4n) is 4.14. The maximum Gasteiger partial charge on any atom is 0.283 e. The van der Waals surface area contributed by atoms with Crippen LogP contribution in [-0.4, -0.2) is 32.9 Å². The van der Waals surface area contributed by atoms with Crippen molar-refractivity contribution in [2.45, 2.75) is 54.7 Å². The molecule has 2 aliphatic rings. The number of hydrogen-bond acceptors (Lipinski definition) is 6. The van der Waals surface area contributed by atoms with E-state index in [4.69, 9.17) is 0 Å². The summed E-state index contributed by atoms with van der Waals surface area (Å²) >= 11 is 0. The summed E-state index contributed by atoms with van der Waals surface area (Å²) in [4.78, 5) is 38.5. The van der Waals surface area contributed by atoms with Crippen LogP contribution in [0.3, 0.4) is 0 Å². The minimum Gasteiger partial charge on any atom is -0.271 e. The Kier molecular flexibility index (Phi) is 6.43. The maximum atomic E-state index is 12.8. The number of benzene rings is 2. The molecule has 1 heterocycles. The standard InChI is InChI=1S/C22H22N2O4S2/c25-21-17-11-1-2-12-18(17)22(26)23(21)15-7-5-9-16(10-6-8-15)29-30-20-14-4-3-13-19(20)24(27)28/h1-4,11-16H,5-10H2. The Morgan fingerprint density at radius 2 is 1.43 bits per heavy atom. The second-order valence-corrected chi connectivity index (χ2v) is 10.1. The number of carbonyl (C=O) groups excluding carboxylic acids is 2. The third-order valence-electron chi connectivity index (χ3n) is 5.65. The fourth-order valence-corrected chi connectivity index (χ4v) is 6.99. The topological polar surface area (TPSA) is 80.5 Å². The van der Waals surface area contributed by atoms with Gasteiger partial charge in [0.2, 0.25) is 0 Å². The number of imide groups is 1. The minimum atomic E-state index is -0.340. The molecule has 2 aromatic carbocycles. The van der Waals surface area contributed by atoms with E-state index in [1.165, 1.54) is 21.8 Å². The molecule has 0 spiro atoms. The molecule has 1 fully saturated rings. The summed E-state index contributed by atoms with van der Waals surface area (Å²) in [6, 6.07) is 13.8. The van der Waals surface area contributed by atoms with Crippen molar-refractivity contribution in [1.82, 2.24) is 4.90 Å². The van der Waals surface area contributed by atoms with Gasteiger partial charge in [0.25, 0.3) is 17.5 Å². The van der Waals surface area contributed by atoms with Crippen LogP contribution in [0.25, 0.3) is 0 Å². The molecular formula is C22H22N2O4S2. The van der Waals surface area contributed by atoms with Gasteiger partial charge < -0.3 is 0 Å². The van der Waals surface area contributed by atoms with Crippen LogP contribution in [0.4, 0.5) is 5.69 Å². The molecule has 0 N–H and O–H groups in total. The van der Waals surface area contributed by atoms with Crippen molar-refractivity contribution in [1.29, 1.82) is 0 Å². The van der Waals surface area contributed by atoms with Crippen LogP contribution in [0.15, 0.2) is 53.4 Å². The molecule has 0 atom stereocenters. The Balaban J connectivity index is 1.34. The Labute approximate surface area is 183 Å². The van der Waals surface area contributed by atoms with E-state index < -0.39 is 0 Å². The average Bonchev–Trinajstić information content (AvgIpc) is 2.98. The van der Waals surface area contributed by atoms with Crippen LogP contribution in [0, 0.1) is 10.1 Å². The van der Waals surface area contributed by atoms with E-state index in [1.54, 1.807) is 47.2 Å². The van der Waals surface area contributed by atoms with Gasteiger partial charge in [-0.2, -0.15) is 0 Å². The molecular weight excluding hydrogens is 420 g/mol. The molecule has 6 nitrogen and oxygen atoms in total. The summed E-state index contributed by atoms with van der Waals surface area (Å²) in [6.07, 6.45) is 5.40. The SMILES string of the molecule is O=C1c2ccccc2C(=O)N1C1CCCC(SSc2ccccc2[N+](=O)[O-])CCC1. The van der Waals surface area contributed by atoms with Crippen molar-refractivity contribution < 1.29 is 14.5 Å². The predicted molar refractivity (Wildman–Crippen MR) is 119 cm³/mol. The zero-order valence-corrected chi connectivity index (χ0v) is 18.0. The van der Waals surface area contributed by atoms with Crippen molar-refractivity contribution in [2.75, 3.05) is 0 Å². The molecule has 0 radical (unpaired) electrons. The average molecular weight is 443 g/mol. The summed E-state index contributed by atoms with van der Waals surface area (Å²) in [5, 5.41) is 11.6. The third-order valence-corrected chi connectivity index (χ3v) is 8.66. The van der Waals surface area contributed by atoms with Gasteiger partial charge in [0.05, 0.1) is 20.9 Å². The highest BCUT2D eigenvalue weighted by Crippen LogP contribution is 2.43. The molecule has 156 valence electrons. The van der Waals surface area contributed by atoms with Gasteiger partial charge in [-0.1, -0.05) is 58.7 Å². The van der Waals surface area contributed by atoms with Crippen LogP contribution in [0.1, 0.15) is 59.2 Å². The number of amides is 2. The van der Waals surface area contributed by atoms with Crippen molar-refractivity contribution >= 4 is 39.1 Å². The monoisotopic (exact) mass is 442 g/mol. The van der Waals surface area contributed by atoms with E-state index in [1.807, 2.05) is 6.07 Å². The van der Waals surface area contributed by atoms with E-state index in [0.29, 0.717) is 21.3 Å². The van der Waals surface area contributed by atoms with Crippen LogP contribution in [0.5, 0.6) is 0 Å². The summed E-state index contributed by atoms with van der Waals surface area (Å²) in [5.41, 5.74) is 1.17. The predicted octanol–water partition coefficient (Wildman–Crippen LogP) is 5.72. The molecule has 0 saturated heterocycles. The lowest BCUT2D eigenvalue weighted by molar-refractivity contribution is -0.387. The Morgan fingerprint density at radius 3 is 2.03 bits per heavy atom. The highest BCUT2D eigenvalue weighted by molar-refractivity contribution is 8.77. The lowest BCUT2D eigenvalue weighted by Gasteiger charge is -2.29. The van der Waals surface area contributed by atoms with Crippen LogP contribution < -0.4 is 0 Å². The van der Waals surface area contributed by atoms with E-state index in [2.05, 4.69) is 0 Å².